The predicted molar refractivity (Wildman–Crippen MR) is 40.0 cm³/mol. The van der Waals surface area contributed by atoms with Crippen LogP contribution >= 0.6 is 22.5 Å². The van der Waals surface area contributed by atoms with E-state index in [1.807, 2.05) is 0 Å². The molecule has 0 fully saturated rings. The van der Waals surface area contributed by atoms with E-state index in [0.29, 0.717) is 0 Å². The summed E-state index contributed by atoms with van der Waals surface area (Å²) in [6.45, 7) is 1.12. The Morgan fingerprint density at radius 1 is 1.57 bits per heavy atom. The molecule has 0 heterocycles. The Labute approximate surface area is 54.3 Å². The van der Waals surface area contributed by atoms with Gasteiger partial charge in [-0.1, -0.05) is 10.8 Å². The lowest BCUT2D eigenvalue weighted by atomic mass is 10.7. The van der Waals surface area contributed by atoms with Gasteiger partial charge in [0.15, 0.2) is 0 Å². The largest absolute Gasteiger partial charge is 0.309 e. The molecule has 0 aromatic rings. The van der Waals surface area contributed by atoms with Crippen molar-refractivity contribution in [2.45, 2.75) is 0 Å². The Hall–Kier alpha value is 0.660. The second-order valence-electron chi connectivity index (χ2n) is 1.64. The van der Waals surface area contributed by atoms with Crippen LogP contribution < -0.4 is 0 Å². The molecular formula is C4H11NS2. The van der Waals surface area contributed by atoms with Crippen molar-refractivity contribution in [3.05, 3.63) is 0 Å². The predicted octanol–water partition coefficient (Wildman–Crippen LogP) is 1.13. The lowest BCUT2D eigenvalue weighted by molar-refractivity contribution is 0.438. The third kappa shape index (κ3) is 6.66. The molecule has 3 heteroatoms. The third-order valence-electron chi connectivity index (χ3n) is 0.630. The fourth-order valence-corrected chi connectivity index (χ4v) is 0.915. The quantitative estimate of drug-likeness (QED) is 0.459. The summed E-state index contributed by atoms with van der Waals surface area (Å²) in [5.74, 6) is 1.11. The van der Waals surface area contributed by atoms with E-state index in [-0.39, 0.29) is 0 Å². The van der Waals surface area contributed by atoms with Crippen molar-refractivity contribution in [3.63, 3.8) is 0 Å². The summed E-state index contributed by atoms with van der Waals surface area (Å²) in [4.78, 5) is 2.14. The molecule has 0 aromatic heterocycles. The first-order chi connectivity index (χ1) is 3.27. The molecule has 0 saturated carbocycles. The van der Waals surface area contributed by atoms with Crippen molar-refractivity contribution in [1.82, 2.24) is 4.90 Å². The zero-order valence-corrected chi connectivity index (χ0v) is 6.43. The highest BCUT2D eigenvalue weighted by molar-refractivity contribution is 8.68. The maximum absolute atomic E-state index is 3.99. The second-order valence-corrected chi connectivity index (χ2v) is 3.08. The molecule has 0 radical (unpaired) electrons. The normalized spacial score (nSPS) is 10.3. The molecule has 44 valence electrons. The van der Waals surface area contributed by atoms with Crippen molar-refractivity contribution in [2.75, 3.05) is 26.4 Å². The van der Waals surface area contributed by atoms with Crippen LogP contribution in [0.2, 0.25) is 0 Å². The van der Waals surface area contributed by atoms with Crippen molar-refractivity contribution >= 4 is 22.5 Å². The van der Waals surface area contributed by atoms with Crippen molar-refractivity contribution in [2.24, 2.45) is 0 Å². The van der Waals surface area contributed by atoms with Crippen molar-refractivity contribution in [1.29, 1.82) is 0 Å². The summed E-state index contributed by atoms with van der Waals surface area (Å²) >= 11 is 3.99. The monoisotopic (exact) mass is 137 g/mol. The standard InChI is InChI=1S/C4H11NS2/c1-5(2)3-4-7-6/h6H,3-4H2,1-2H3. The van der Waals surface area contributed by atoms with Gasteiger partial charge < -0.3 is 4.90 Å². The third-order valence-corrected chi connectivity index (χ3v) is 1.54. The molecule has 0 saturated heterocycles. The van der Waals surface area contributed by atoms with Gasteiger partial charge in [-0.2, -0.15) is 0 Å². The Kier molecular flexibility index (Phi) is 5.26. The second kappa shape index (κ2) is 4.81. The van der Waals surface area contributed by atoms with Gasteiger partial charge in [0.05, 0.1) is 0 Å². The van der Waals surface area contributed by atoms with Gasteiger partial charge in [0.2, 0.25) is 0 Å². The average Bonchev–Trinajstić information content (AvgIpc) is 1.61. The first-order valence-corrected chi connectivity index (χ1v) is 4.22. The summed E-state index contributed by atoms with van der Waals surface area (Å²) in [6, 6.07) is 0. The van der Waals surface area contributed by atoms with Crippen LogP contribution in [0.1, 0.15) is 0 Å². The number of thiol groups is 1. The average molecular weight is 137 g/mol. The maximum atomic E-state index is 3.99. The highest BCUT2D eigenvalue weighted by Crippen LogP contribution is 2.02. The van der Waals surface area contributed by atoms with Gasteiger partial charge in [0.1, 0.15) is 0 Å². The molecule has 0 atom stereocenters. The van der Waals surface area contributed by atoms with E-state index in [9.17, 15) is 0 Å². The van der Waals surface area contributed by atoms with Gasteiger partial charge in [-0.25, -0.2) is 0 Å². The Bertz CT molecular complexity index is 38.7. The first-order valence-electron chi connectivity index (χ1n) is 2.18. The molecular weight excluding hydrogens is 126 g/mol. The van der Waals surface area contributed by atoms with Crippen LogP contribution in [-0.2, 0) is 0 Å². The molecule has 0 rings (SSSR count). The van der Waals surface area contributed by atoms with Gasteiger partial charge >= 0.3 is 0 Å². The van der Waals surface area contributed by atoms with Crippen LogP contribution in [0.3, 0.4) is 0 Å². The van der Waals surface area contributed by atoms with Gasteiger partial charge in [0, 0.05) is 12.3 Å². The van der Waals surface area contributed by atoms with Crippen LogP contribution in [0.25, 0.3) is 0 Å². The summed E-state index contributed by atoms with van der Waals surface area (Å²) in [6.07, 6.45) is 0. The lowest BCUT2D eigenvalue weighted by Crippen LogP contribution is -2.14. The maximum Gasteiger partial charge on any atom is 0.0162 e. The molecule has 0 aliphatic carbocycles. The lowest BCUT2D eigenvalue weighted by Gasteiger charge is -2.05. The summed E-state index contributed by atoms with van der Waals surface area (Å²) < 4.78 is 0. The summed E-state index contributed by atoms with van der Waals surface area (Å²) in [7, 11) is 5.70. The molecule has 0 aliphatic rings. The van der Waals surface area contributed by atoms with Crippen LogP contribution in [-0.4, -0.2) is 31.3 Å². The van der Waals surface area contributed by atoms with Crippen LogP contribution in [0, 0.1) is 0 Å². The minimum absolute atomic E-state index is 1.11. The van der Waals surface area contributed by atoms with Gasteiger partial charge in [-0.05, 0) is 14.1 Å². The first kappa shape index (κ1) is 7.66. The van der Waals surface area contributed by atoms with E-state index in [1.165, 1.54) is 0 Å². The zero-order chi connectivity index (χ0) is 5.70. The number of rotatable bonds is 3. The topological polar surface area (TPSA) is 3.24 Å². The van der Waals surface area contributed by atoms with Crippen molar-refractivity contribution in [3.8, 4) is 0 Å². The molecule has 0 aliphatic heterocycles. The summed E-state index contributed by atoms with van der Waals surface area (Å²) in [5, 5.41) is 0. The minimum atomic E-state index is 1.11. The molecule has 1 nitrogen and oxygen atoms in total. The molecule has 0 spiro atoms. The highest BCUT2D eigenvalue weighted by Gasteiger charge is 1.84. The molecule has 0 N–H and O–H groups in total. The zero-order valence-electron chi connectivity index (χ0n) is 4.72. The van der Waals surface area contributed by atoms with Crippen molar-refractivity contribution < 1.29 is 0 Å². The van der Waals surface area contributed by atoms with E-state index < -0.39 is 0 Å². The highest BCUT2D eigenvalue weighted by atomic mass is 33.1. The number of hydrogen-bond acceptors (Lipinski definition) is 3. The SMILES string of the molecule is CN(C)CCSS. The molecule has 0 amide bonds. The van der Waals surface area contributed by atoms with Crippen LogP contribution in [0.4, 0.5) is 0 Å². The Balaban J connectivity index is 2.68. The van der Waals surface area contributed by atoms with E-state index in [2.05, 4.69) is 30.7 Å². The van der Waals surface area contributed by atoms with Crippen LogP contribution in [0.5, 0.6) is 0 Å². The minimum Gasteiger partial charge on any atom is -0.309 e. The van der Waals surface area contributed by atoms with E-state index in [4.69, 9.17) is 0 Å². The fourth-order valence-electron chi connectivity index (χ4n) is 0.223. The smallest absolute Gasteiger partial charge is 0.0162 e. The van der Waals surface area contributed by atoms with Gasteiger partial charge in [0.25, 0.3) is 0 Å². The Morgan fingerprint density at radius 3 is 2.29 bits per heavy atom. The van der Waals surface area contributed by atoms with E-state index in [1.54, 1.807) is 10.8 Å². The van der Waals surface area contributed by atoms with Gasteiger partial charge in [-0.15, -0.1) is 11.7 Å². The molecule has 7 heavy (non-hydrogen) atoms. The van der Waals surface area contributed by atoms with Gasteiger partial charge in [-0.3, -0.25) is 0 Å². The Morgan fingerprint density at radius 2 is 2.14 bits per heavy atom. The van der Waals surface area contributed by atoms with E-state index >= 15 is 0 Å². The number of hydrogen-bond donors (Lipinski definition) is 1. The fraction of sp³-hybridized carbons (Fsp3) is 1.00. The van der Waals surface area contributed by atoms with E-state index in [0.717, 1.165) is 12.3 Å². The molecule has 0 bridgehead atoms. The van der Waals surface area contributed by atoms with Crippen LogP contribution in [0.15, 0.2) is 0 Å². The molecule has 0 unspecified atom stereocenters. The number of nitrogens with zero attached hydrogens (tertiary/aromatic N) is 1. The molecule has 0 aromatic carbocycles. The summed E-state index contributed by atoms with van der Waals surface area (Å²) in [5.41, 5.74) is 0.